The quantitative estimate of drug-likeness (QED) is 0.738. The number of nitrogens with one attached hydrogen (secondary N) is 1. The van der Waals surface area contributed by atoms with Crippen LogP contribution in [0.2, 0.25) is 0 Å². The van der Waals surface area contributed by atoms with Crippen LogP contribution in [0, 0.1) is 5.92 Å². The predicted octanol–water partition coefficient (Wildman–Crippen LogP) is 2.44. The van der Waals surface area contributed by atoms with Crippen molar-refractivity contribution in [2.24, 2.45) is 5.92 Å². The molecule has 2 amide bonds. The van der Waals surface area contributed by atoms with Crippen LogP contribution in [-0.4, -0.2) is 49.4 Å². The third-order valence-corrected chi connectivity index (χ3v) is 4.55. The van der Waals surface area contributed by atoms with Crippen LogP contribution in [0.1, 0.15) is 26.2 Å². The second-order valence-corrected chi connectivity index (χ2v) is 6.47. The first-order valence-corrected chi connectivity index (χ1v) is 9.12. The van der Waals surface area contributed by atoms with Crippen LogP contribution in [0.15, 0.2) is 43.0 Å². The molecule has 0 bridgehead atoms. The third-order valence-electron chi connectivity index (χ3n) is 4.55. The van der Waals surface area contributed by atoms with E-state index in [0.717, 1.165) is 44.6 Å². The molecule has 0 saturated carbocycles. The van der Waals surface area contributed by atoms with Gasteiger partial charge in [0.1, 0.15) is 0 Å². The van der Waals surface area contributed by atoms with E-state index in [2.05, 4.69) is 23.7 Å². The van der Waals surface area contributed by atoms with Gasteiger partial charge < -0.3 is 10.2 Å². The van der Waals surface area contributed by atoms with E-state index in [1.165, 1.54) is 0 Å². The fourth-order valence-corrected chi connectivity index (χ4v) is 3.11. The lowest BCUT2D eigenvalue weighted by Crippen LogP contribution is -2.45. The zero-order chi connectivity index (χ0) is 18.1. The molecule has 0 radical (unpaired) electrons. The van der Waals surface area contributed by atoms with Crippen LogP contribution in [-0.2, 0) is 9.59 Å². The first kappa shape index (κ1) is 19.2. The van der Waals surface area contributed by atoms with E-state index in [1.54, 1.807) is 11.0 Å². The minimum absolute atomic E-state index is 0.0694. The first-order chi connectivity index (χ1) is 12.2. The van der Waals surface area contributed by atoms with Crippen molar-refractivity contribution in [2.75, 3.05) is 37.6 Å². The van der Waals surface area contributed by atoms with Gasteiger partial charge in [-0.3, -0.25) is 14.5 Å². The van der Waals surface area contributed by atoms with Crippen molar-refractivity contribution in [1.29, 1.82) is 0 Å². The van der Waals surface area contributed by atoms with Gasteiger partial charge in [-0.15, -0.1) is 6.58 Å². The van der Waals surface area contributed by atoms with Gasteiger partial charge in [-0.1, -0.05) is 31.2 Å². The van der Waals surface area contributed by atoms with E-state index in [1.807, 2.05) is 30.3 Å². The van der Waals surface area contributed by atoms with E-state index in [9.17, 15) is 9.59 Å². The van der Waals surface area contributed by atoms with E-state index >= 15 is 0 Å². The first-order valence-electron chi connectivity index (χ1n) is 9.12. The summed E-state index contributed by atoms with van der Waals surface area (Å²) < 4.78 is 0. The lowest BCUT2D eigenvalue weighted by molar-refractivity contribution is -0.126. The molecule has 0 aliphatic carbocycles. The number of hydrogen-bond donors (Lipinski definition) is 1. The Labute approximate surface area is 150 Å². The van der Waals surface area contributed by atoms with Gasteiger partial charge in [-0.05, 0) is 44.5 Å². The minimum atomic E-state index is 0.0694. The molecule has 2 rings (SSSR count). The van der Waals surface area contributed by atoms with Crippen LogP contribution in [0.5, 0.6) is 0 Å². The maximum Gasteiger partial charge on any atom is 0.241 e. The maximum atomic E-state index is 12.7. The van der Waals surface area contributed by atoms with Gasteiger partial charge in [0.05, 0.1) is 6.54 Å². The summed E-state index contributed by atoms with van der Waals surface area (Å²) in [5.41, 5.74) is 0.890. The van der Waals surface area contributed by atoms with Crippen LogP contribution in [0.4, 0.5) is 5.69 Å². The number of benzene rings is 1. The van der Waals surface area contributed by atoms with E-state index in [0.29, 0.717) is 13.1 Å². The average Bonchev–Trinajstić information content (AvgIpc) is 2.65. The SMILES string of the molecule is C=CCN(C(=O)CN1CCC(C(=O)NCCC)CC1)c1ccccc1. The average molecular weight is 343 g/mol. The highest BCUT2D eigenvalue weighted by molar-refractivity contribution is 5.95. The number of hydrogen-bond acceptors (Lipinski definition) is 3. The largest absolute Gasteiger partial charge is 0.356 e. The molecule has 5 nitrogen and oxygen atoms in total. The molecule has 0 aromatic heterocycles. The molecule has 1 aromatic carbocycles. The number of para-hydroxylation sites is 1. The summed E-state index contributed by atoms with van der Waals surface area (Å²) >= 11 is 0. The summed E-state index contributed by atoms with van der Waals surface area (Å²) in [6, 6.07) is 9.67. The molecule has 1 N–H and O–H groups in total. The van der Waals surface area contributed by atoms with Crippen LogP contribution >= 0.6 is 0 Å². The number of amides is 2. The van der Waals surface area contributed by atoms with Crippen molar-refractivity contribution < 1.29 is 9.59 Å². The molecule has 1 fully saturated rings. The fourth-order valence-electron chi connectivity index (χ4n) is 3.11. The molecular weight excluding hydrogens is 314 g/mol. The normalized spacial score (nSPS) is 15.6. The molecule has 25 heavy (non-hydrogen) atoms. The van der Waals surface area contributed by atoms with Crippen molar-refractivity contribution >= 4 is 17.5 Å². The summed E-state index contributed by atoms with van der Waals surface area (Å²) in [5.74, 6) is 0.307. The Balaban J connectivity index is 1.86. The monoisotopic (exact) mass is 343 g/mol. The van der Waals surface area contributed by atoms with Gasteiger partial charge in [-0.25, -0.2) is 0 Å². The Kier molecular flexibility index (Phi) is 7.67. The Morgan fingerprint density at radius 2 is 1.96 bits per heavy atom. The minimum Gasteiger partial charge on any atom is -0.356 e. The Hall–Kier alpha value is -2.14. The number of rotatable bonds is 8. The van der Waals surface area contributed by atoms with E-state index in [-0.39, 0.29) is 17.7 Å². The predicted molar refractivity (Wildman–Crippen MR) is 101 cm³/mol. The number of carbonyl (C=O) groups excluding carboxylic acids is 2. The van der Waals surface area contributed by atoms with Gasteiger partial charge >= 0.3 is 0 Å². The van der Waals surface area contributed by atoms with Crippen molar-refractivity contribution in [3.63, 3.8) is 0 Å². The van der Waals surface area contributed by atoms with Gasteiger partial charge in [-0.2, -0.15) is 0 Å². The summed E-state index contributed by atoms with van der Waals surface area (Å²) in [7, 11) is 0. The number of anilines is 1. The fraction of sp³-hybridized carbons (Fsp3) is 0.500. The Morgan fingerprint density at radius 1 is 1.28 bits per heavy atom. The zero-order valence-corrected chi connectivity index (χ0v) is 15.1. The topological polar surface area (TPSA) is 52.7 Å². The Morgan fingerprint density at radius 3 is 2.56 bits per heavy atom. The molecule has 5 heteroatoms. The molecule has 1 aliphatic heterocycles. The number of piperidine rings is 1. The third kappa shape index (κ3) is 5.71. The standard InChI is InChI=1S/C20H29N3O2/c1-3-12-21-20(25)17-10-14-22(15-11-17)16-19(24)23(13-4-2)18-8-6-5-7-9-18/h4-9,17H,2-3,10-16H2,1H3,(H,21,25). The molecule has 0 unspecified atom stereocenters. The Bertz CT molecular complexity index is 566. The van der Waals surface area contributed by atoms with E-state index < -0.39 is 0 Å². The summed E-state index contributed by atoms with van der Waals surface area (Å²) in [6.07, 6.45) is 4.33. The molecular formula is C20H29N3O2. The van der Waals surface area contributed by atoms with Gasteiger partial charge in [0.15, 0.2) is 0 Å². The lowest BCUT2D eigenvalue weighted by Gasteiger charge is -2.32. The second-order valence-electron chi connectivity index (χ2n) is 6.47. The smallest absolute Gasteiger partial charge is 0.241 e. The second kappa shape index (κ2) is 9.99. The van der Waals surface area contributed by atoms with Crippen LogP contribution in [0.25, 0.3) is 0 Å². The summed E-state index contributed by atoms with van der Waals surface area (Å²) in [6.45, 7) is 9.00. The van der Waals surface area contributed by atoms with Gasteiger partial charge in [0.2, 0.25) is 11.8 Å². The molecule has 0 spiro atoms. The highest BCUT2D eigenvalue weighted by Crippen LogP contribution is 2.19. The maximum absolute atomic E-state index is 12.7. The molecule has 1 aromatic rings. The highest BCUT2D eigenvalue weighted by Gasteiger charge is 2.26. The van der Waals surface area contributed by atoms with Gasteiger partial charge in [0, 0.05) is 24.7 Å². The summed E-state index contributed by atoms with van der Waals surface area (Å²) in [5, 5.41) is 2.97. The molecule has 0 atom stereocenters. The highest BCUT2D eigenvalue weighted by atomic mass is 16.2. The number of nitrogens with zero attached hydrogens (tertiary/aromatic N) is 2. The zero-order valence-electron chi connectivity index (χ0n) is 15.1. The van der Waals surface area contributed by atoms with Crippen molar-refractivity contribution in [3.05, 3.63) is 43.0 Å². The number of likely N-dealkylation sites (tertiary alicyclic amines) is 1. The van der Waals surface area contributed by atoms with Crippen molar-refractivity contribution in [3.8, 4) is 0 Å². The van der Waals surface area contributed by atoms with Crippen LogP contribution in [0.3, 0.4) is 0 Å². The molecule has 1 aliphatic rings. The van der Waals surface area contributed by atoms with E-state index in [4.69, 9.17) is 0 Å². The van der Waals surface area contributed by atoms with Crippen molar-refractivity contribution in [1.82, 2.24) is 10.2 Å². The molecule has 136 valence electrons. The van der Waals surface area contributed by atoms with Crippen LogP contribution < -0.4 is 10.2 Å². The summed E-state index contributed by atoms with van der Waals surface area (Å²) in [4.78, 5) is 28.7. The lowest BCUT2D eigenvalue weighted by atomic mass is 9.96. The van der Waals surface area contributed by atoms with Gasteiger partial charge in [0.25, 0.3) is 0 Å². The molecule has 1 saturated heterocycles. The molecule has 1 heterocycles. The van der Waals surface area contributed by atoms with Crippen molar-refractivity contribution in [2.45, 2.75) is 26.2 Å². The number of carbonyl (C=O) groups is 2.